The molecule has 3 N–H and O–H groups in total. The van der Waals surface area contributed by atoms with Crippen molar-refractivity contribution in [2.24, 2.45) is 5.14 Å². The molecule has 0 saturated heterocycles. The average molecular weight is 447 g/mol. The SMILES string of the molecule is CCOC(=O)C1=C(O)C(=O)N(c2ccc(S(N)(=O)=O)cc2)[C@@H]1c1cccc([N+](=O)[O-])c1. The van der Waals surface area contributed by atoms with Gasteiger partial charge < -0.3 is 9.84 Å². The molecule has 12 heteroatoms. The van der Waals surface area contributed by atoms with Crippen molar-refractivity contribution in [3.8, 4) is 0 Å². The second kappa shape index (κ2) is 8.16. The van der Waals surface area contributed by atoms with E-state index >= 15 is 0 Å². The van der Waals surface area contributed by atoms with Gasteiger partial charge in [0.25, 0.3) is 11.6 Å². The number of carbonyl (C=O) groups excluding carboxylic acids is 2. The van der Waals surface area contributed by atoms with Gasteiger partial charge in [-0.2, -0.15) is 0 Å². The van der Waals surface area contributed by atoms with E-state index in [4.69, 9.17) is 9.88 Å². The van der Waals surface area contributed by atoms with Crippen molar-refractivity contribution in [3.05, 3.63) is 75.5 Å². The Hall–Kier alpha value is -3.77. The zero-order chi connectivity index (χ0) is 22.9. The van der Waals surface area contributed by atoms with Crippen molar-refractivity contribution in [2.45, 2.75) is 17.9 Å². The Morgan fingerprint density at radius 1 is 1.26 bits per heavy atom. The van der Waals surface area contributed by atoms with Crippen LogP contribution in [0, 0.1) is 10.1 Å². The first kappa shape index (κ1) is 21.9. The van der Waals surface area contributed by atoms with Crippen LogP contribution in [0.2, 0.25) is 0 Å². The molecule has 1 atom stereocenters. The lowest BCUT2D eigenvalue weighted by molar-refractivity contribution is -0.384. The van der Waals surface area contributed by atoms with E-state index in [1.165, 1.54) is 36.4 Å². The Morgan fingerprint density at radius 2 is 1.90 bits per heavy atom. The van der Waals surface area contributed by atoms with E-state index in [2.05, 4.69) is 0 Å². The molecule has 0 unspecified atom stereocenters. The number of amides is 1. The molecule has 1 aliphatic rings. The van der Waals surface area contributed by atoms with Gasteiger partial charge in [0.05, 0.1) is 22.5 Å². The number of nitrogens with two attached hydrogens (primary N) is 1. The lowest BCUT2D eigenvalue weighted by atomic mass is 9.98. The lowest BCUT2D eigenvalue weighted by Gasteiger charge is -2.26. The van der Waals surface area contributed by atoms with Crippen LogP contribution in [0.3, 0.4) is 0 Å². The molecule has 0 radical (unpaired) electrons. The van der Waals surface area contributed by atoms with Gasteiger partial charge in [-0.25, -0.2) is 18.4 Å². The maximum absolute atomic E-state index is 12.8. The van der Waals surface area contributed by atoms with Gasteiger partial charge in [-0.3, -0.25) is 19.8 Å². The normalized spacial score (nSPS) is 16.5. The third-order valence-electron chi connectivity index (χ3n) is 4.54. The van der Waals surface area contributed by atoms with E-state index < -0.39 is 38.6 Å². The Labute approximate surface area is 176 Å². The highest BCUT2D eigenvalue weighted by atomic mass is 32.2. The maximum atomic E-state index is 12.8. The molecule has 0 aromatic heterocycles. The quantitative estimate of drug-likeness (QED) is 0.383. The highest BCUT2D eigenvalue weighted by Crippen LogP contribution is 2.41. The van der Waals surface area contributed by atoms with Crippen molar-refractivity contribution in [1.29, 1.82) is 0 Å². The predicted octanol–water partition coefficient (Wildman–Crippen LogP) is 1.71. The number of nitrogens with zero attached hydrogens (tertiary/aromatic N) is 2. The second-order valence-corrected chi connectivity index (χ2v) is 8.01. The summed E-state index contributed by atoms with van der Waals surface area (Å²) in [6.07, 6.45) is 0. The molecule has 0 saturated carbocycles. The first-order valence-corrected chi connectivity index (χ1v) is 10.4. The smallest absolute Gasteiger partial charge is 0.340 e. The van der Waals surface area contributed by atoms with Crippen molar-refractivity contribution in [2.75, 3.05) is 11.5 Å². The second-order valence-electron chi connectivity index (χ2n) is 6.45. The minimum Gasteiger partial charge on any atom is -0.503 e. The molecule has 1 heterocycles. The maximum Gasteiger partial charge on any atom is 0.340 e. The molecular formula is C19H17N3O8S. The standard InChI is InChI=1S/C19H17N3O8S/c1-2-30-19(25)15-16(11-4-3-5-13(10-11)22(26)27)21(18(24)17(15)23)12-6-8-14(9-7-12)31(20,28)29/h3-10,16,23H,2H2,1H3,(H2,20,28,29)/t16-/m1/s1. The van der Waals surface area contributed by atoms with Crippen molar-refractivity contribution in [3.63, 3.8) is 0 Å². The Bertz CT molecular complexity index is 1200. The Balaban J connectivity index is 2.18. The molecule has 0 spiro atoms. The number of hydrogen-bond donors (Lipinski definition) is 2. The summed E-state index contributed by atoms with van der Waals surface area (Å²) in [5.74, 6) is -2.79. The number of primary sulfonamides is 1. The number of anilines is 1. The highest BCUT2D eigenvalue weighted by Gasteiger charge is 2.45. The lowest BCUT2D eigenvalue weighted by Crippen LogP contribution is -2.31. The van der Waals surface area contributed by atoms with E-state index in [0.29, 0.717) is 0 Å². The van der Waals surface area contributed by atoms with E-state index in [9.17, 15) is 33.2 Å². The first-order chi connectivity index (χ1) is 14.6. The average Bonchev–Trinajstić information content (AvgIpc) is 2.98. The molecule has 1 amide bonds. The van der Waals surface area contributed by atoms with Gasteiger partial charge in [-0.05, 0) is 36.8 Å². The summed E-state index contributed by atoms with van der Waals surface area (Å²) in [5, 5.41) is 26.7. The molecule has 31 heavy (non-hydrogen) atoms. The van der Waals surface area contributed by atoms with Crippen LogP contribution in [0.5, 0.6) is 0 Å². The van der Waals surface area contributed by atoms with Crippen LogP contribution in [-0.4, -0.2) is 36.9 Å². The van der Waals surface area contributed by atoms with Gasteiger partial charge in [0, 0.05) is 17.8 Å². The van der Waals surface area contributed by atoms with E-state index in [1.54, 1.807) is 6.92 Å². The number of ether oxygens (including phenoxy) is 1. The highest BCUT2D eigenvalue weighted by molar-refractivity contribution is 7.89. The summed E-state index contributed by atoms with van der Waals surface area (Å²) in [6.45, 7) is 1.51. The molecule has 2 aromatic carbocycles. The largest absolute Gasteiger partial charge is 0.503 e. The zero-order valence-corrected chi connectivity index (χ0v) is 16.9. The van der Waals surface area contributed by atoms with Gasteiger partial charge in [-0.15, -0.1) is 0 Å². The summed E-state index contributed by atoms with van der Waals surface area (Å²) in [5.41, 5.74) is -0.378. The zero-order valence-electron chi connectivity index (χ0n) is 16.1. The van der Waals surface area contributed by atoms with E-state index in [0.717, 1.165) is 17.0 Å². The van der Waals surface area contributed by atoms with Crippen LogP contribution in [0.15, 0.2) is 64.8 Å². The number of aliphatic hydroxyl groups is 1. The molecule has 162 valence electrons. The number of hydrogen-bond acceptors (Lipinski definition) is 8. The number of nitro groups is 1. The summed E-state index contributed by atoms with van der Waals surface area (Å²) in [4.78, 5) is 36.7. The van der Waals surface area contributed by atoms with Crippen LogP contribution >= 0.6 is 0 Å². The topological polar surface area (TPSA) is 170 Å². The summed E-state index contributed by atoms with van der Waals surface area (Å²) < 4.78 is 28.0. The van der Waals surface area contributed by atoms with Gasteiger partial charge >= 0.3 is 5.97 Å². The minimum atomic E-state index is -3.99. The Kier molecular flexibility index (Phi) is 5.77. The summed E-state index contributed by atoms with van der Waals surface area (Å²) >= 11 is 0. The molecule has 3 rings (SSSR count). The molecule has 1 aliphatic heterocycles. The number of benzene rings is 2. The van der Waals surface area contributed by atoms with Crippen molar-refractivity contribution >= 4 is 33.3 Å². The number of non-ortho nitro benzene ring substituents is 1. The third kappa shape index (κ3) is 4.11. The van der Waals surface area contributed by atoms with Crippen LogP contribution < -0.4 is 10.0 Å². The van der Waals surface area contributed by atoms with E-state index in [-0.39, 0.29) is 34.0 Å². The number of esters is 1. The number of carbonyl (C=O) groups is 2. The van der Waals surface area contributed by atoms with Gasteiger partial charge in [-0.1, -0.05) is 12.1 Å². The summed E-state index contributed by atoms with van der Waals surface area (Å²) in [6, 6.07) is 8.83. The molecular weight excluding hydrogens is 430 g/mol. The minimum absolute atomic E-state index is 0.0332. The predicted molar refractivity (Wildman–Crippen MR) is 107 cm³/mol. The third-order valence-corrected chi connectivity index (χ3v) is 5.47. The molecule has 11 nitrogen and oxygen atoms in total. The van der Waals surface area contributed by atoms with Crippen molar-refractivity contribution < 1.29 is 32.8 Å². The Morgan fingerprint density at radius 3 is 2.45 bits per heavy atom. The van der Waals surface area contributed by atoms with Crippen LogP contribution in [0.4, 0.5) is 11.4 Å². The van der Waals surface area contributed by atoms with Gasteiger partial charge in [0.2, 0.25) is 10.0 Å². The van der Waals surface area contributed by atoms with E-state index in [1.807, 2.05) is 0 Å². The van der Waals surface area contributed by atoms with Crippen LogP contribution in [0.1, 0.15) is 18.5 Å². The molecule has 2 aromatic rings. The monoisotopic (exact) mass is 447 g/mol. The van der Waals surface area contributed by atoms with Crippen LogP contribution in [-0.2, 0) is 24.3 Å². The van der Waals surface area contributed by atoms with Gasteiger partial charge in [0.15, 0.2) is 5.76 Å². The first-order valence-electron chi connectivity index (χ1n) is 8.87. The molecule has 0 fully saturated rings. The number of rotatable bonds is 6. The number of nitro benzene ring substituents is 1. The number of aliphatic hydroxyl groups excluding tert-OH is 1. The summed E-state index contributed by atoms with van der Waals surface area (Å²) in [7, 11) is -3.99. The number of sulfonamides is 1. The van der Waals surface area contributed by atoms with Crippen molar-refractivity contribution in [1.82, 2.24) is 0 Å². The molecule has 0 bridgehead atoms. The van der Waals surface area contributed by atoms with Gasteiger partial charge in [0.1, 0.15) is 5.57 Å². The fourth-order valence-corrected chi connectivity index (χ4v) is 3.72. The van der Waals surface area contributed by atoms with Crippen LogP contribution in [0.25, 0.3) is 0 Å². The fourth-order valence-electron chi connectivity index (χ4n) is 3.21. The molecule has 0 aliphatic carbocycles. The fraction of sp³-hybridized carbons (Fsp3) is 0.158.